The fraction of sp³-hybridized carbons (Fsp3) is 0.517. The Labute approximate surface area is 477 Å². The molecule has 3 heterocycles. The zero-order valence-electron chi connectivity index (χ0n) is 46.8. The second-order valence-electron chi connectivity index (χ2n) is 21.1. The van der Waals surface area contributed by atoms with Crippen molar-refractivity contribution in [1.29, 1.82) is 0 Å². The van der Waals surface area contributed by atoms with Crippen LogP contribution in [0.2, 0.25) is 0 Å². The number of morpholine rings is 1. The normalized spacial score (nSPS) is 17.7. The number of hydrogen-bond donors (Lipinski definition) is 10. The lowest BCUT2D eigenvalue weighted by Gasteiger charge is -2.39. The number of carbonyl (C=O) groups is 9. The summed E-state index contributed by atoms with van der Waals surface area (Å²) in [6.45, 7) is 6.62. The van der Waals surface area contributed by atoms with Gasteiger partial charge in [0, 0.05) is 65.5 Å². The first-order valence-electron chi connectivity index (χ1n) is 28.2. The number of carbonyl (C=O) groups excluding carboxylic acids is 7. The van der Waals surface area contributed by atoms with Gasteiger partial charge in [-0.15, -0.1) is 0 Å². The first-order chi connectivity index (χ1) is 39.3. The number of rotatable bonds is 29. The predicted molar refractivity (Wildman–Crippen MR) is 303 cm³/mol. The molecule has 3 aromatic carbocycles. The van der Waals surface area contributed by atoms with Gasteiger partial charge in [0.2, 0.25) is 41.4 Å². The number of nitrogens with one attached hydrogen (secondary N) is 5. The lowest BCUT2D eigenvalue weighted by Crippen LogP contribution is -2.62. The number of aliphatic carboxylic acids is 2. The molecule has 3 aliphatic rings. The number of nitrogens with two attached hydrogens (primary N) is 3. The molecule has 1 fully saturated rings. The molecule has 13 N–H and O–H groups in total. The third-order valence-electron chi connectivity index (χ3n) is 14.9. The molecule has 0 aliphatic carbocycles. The summed E-state index contributed by atoms with van der Waals surface area (Å²) in [4.78, 5) is 134. The highest BCUT2D eigenvalue weighted by Gasteiger charge is 2.43. The number of benzene rings is 3. The molecular formula is C58H80N12O12. The topological polar surface area (TPSA) is 364 Å². The summed E-state index contributed by atoms with van der Waals surface area (Å²) in [5.41, 5.74) is 21.4. The molecule has 82 heavy (non-hydrogen) atoms. The second-order valence-corrected chi connectivity index (χ2v) is 21.1. The summed E-state index contributed by atoms with van der Waals surface area (Å²) in [6.07, 6.45) is 1.58. The quantitative estimate of drug-likeness (QED) is 0.0255. The van der Waals surface area contributed by atoms with Gasteiger partial charge in [-0.25, -0.2) is 4.79 Å². The number of guanidine groups is 1. The molecule has 1 saturated heterocycles. The average molecular weight is 1140 g/mol. The van der Waals surface area contributed by atoms with Crippen LogP contribution in [-0.4, -0.2) is 166 Å². The Morgan fingerprint density at radius 2 is 1.13 bits per heavy atom. The molecule has 7 amide bonds. The van der Waals surface area contributed by atoms with E-state index in [2.05, 4.69) is 36.5 Å². The minimum atomic E-state index is -1.68. The lowest BCUT2D eigenvalue weighted by molar-refractivity contribution is -0.148. The molecule has 24 nitrogen and oxygen atoms in total. The number of nitrogens with zero attached hydrogens (tertiary/aromatic N) is 4. The number of fused-ring (bicyclic) bond motifs is 2. The van der Waals surface area contributed by atoms with Crippen molar-refractivity contribution in [3.8, 4) is 0 Å². The molecule has 0 bridgehead atoms. The summed E-state index contributed by atoms with van der Waals surface area (Å²) in [5.74, 6) is -8.04. The van der Waals surface area contributed by atoms with Crippen LogP contribution in [0.1, 0.15) is 105 Å². The largest absolute Gasteiger partial charge is 0.481 e. The highest BCUT2D eigenvalue weighted by molar-refractivity contribution is 5.99. The number of amides is 7. The highest BCUT2D eigenvalue weighted by atomic mass is 16.5. The molecule has 3 aromatic rings. The van der Waals surface area contributed by atoms with Crippen LogP contribution in [0.5, 0.6) is 0 Å². The Kier molecular flexibility index (Phi) is 24.1. The summed E-state index contributed by atoms with van der Waals surface area (Å²) in [6, 6.07) is 12.4. The zero-order valence-corrected chi connectivity index (χ0v) is 46.8. The van der Waals surface area contributed by atoms with Crippen LogP contribution in [0.25, 0.3) is 0 Å². The molecular weight excluding hydrogens is 1060 g/mol. The second kappa shape index (κ2) is 31.3. The number of carboxylic acid groups (broad SMARTS) is 2. The lowest BCUT2D eigenvalue weighted by atomic mass is 9.91. The van der Waals surface area contributed by atoms with Crippen LogP contribution < -0.4 is 43.8 Å². The minimum Gasteiger partial charge on any atom is -0.481 e. The third-order valence-corrected chi connectivity index (χ3v) is 14.9. The van der Waals surface area contributed by atoms with Crippen molar-refractivity contribution in [3.63, 3.8) is 0 Å². The Balaban J connectivity index is 1.35. The third kappa shape index (κ3) is 18.5. The molecule has 7 atom stereocenters. The Bertz CT molecular complexity index is 2750. The van der Waals surface area contributed by atoms with Gasteiger partial charge >= 0.3 is 11.9 Å². The molecule has 6 rings (SSSR count). The van der Waals surface area contributed by atoms with Crippen molar-refractivity contribution in [2.75, 3.05) is 39.4 Å². The number of unbranched alkanes of at least 4 members (excludes halogenated alkanes) is 2. The van der Waals surface area contributed by atoms with Gasteiger partial charge in [-0.1, -0.05) is 92.6 Å². The maximum atomic E-state index is 15.2. The van der Waals surface area contributed by atoms with Crippen LogP contribution >= 0.6 is 0 Å². The Morgan fingerprint density at radius 3 is 1.67 bits per heavy atom. The smallest absolute Gasteiger partial charge is 0.326 e. The van der Waals surface area contributed by atoms with E-state index in [9.17, 15) is 39.0 Å². The summed E-state index contributed by atoms with van der Waals surface area (Å²) in [5, 5.41) is 33.7. The van der Waals surface area contributed by atoms with E-state index >= 15 is 14.4 Å². The van der Waals surface area contributed by atoms with E-state index < -0.39 is 102 Å². The average Bonchev–Trinajstić information content (AvgIpc) is 3.55. The van der Waals surface area contributed by atoms with Crippen LogP contribution in [0.15, 0.2) is 77.8 Å². The van der Waals surface area contributed by atoms with Gasteiger partial charge in [-0.3, -0.25) is 48.2 Å². The number of ether oxygens (including phenoxy) is 1. The van der Waals surface area contributed by atoms with Crippen molar-refractivity contribution >= 4 is 59.2 Å². The summed E-state index contributed by atoms with van der Waals surface area (Å²) in [7, 11) is 0. The molecule has 3 aliphatic heterocycles. The van der Waals surface area contributed by atoms with Crippen LogP contribution in [-0.2, 0) is 86.8 Å². The summed E-state index contributed by atoms with van der Waals surface area (Å²) >= 11 is 0. The zero-order chi connectivity index (χ0) is 59.3. The van der Waals surface area contributed by atoms with Crippen LogP contribution in [0, 0.1) is 0 Å². The van der Waals surface area contributed by atoms with E-state index in [1.54, 1.807) is 36.4 Å². The molecule has 0 unspecified atom stereocenters. The number of aliphatic imine (C=N–C) groups is 1. The number of hydrogen-bond acceptors (Lipinski definition) is 13. The Hall–Kier alpha value is -7.96. The monoisotopic (exact) mass is 1140 g/mol. The predicted octanol–water partition coefficient (Wildman–Crippen LogP) is 0.344. The van der Waals surface area contributed by atoms with Crippen molar-refractivity contribution in [3.05, 3.63) is 106 Å². The Morgan fingerprint density at radius 1 is 0.622 bits per heavy atom. The van der Waals surface area contributed by atoms with Gasteiger partial charge in [0.25, 0.3) is 0 Å². The maximum Gasteiger partial charge on any atom is 0.326 e. The molecule has 0 spiro atoms. The van der Waals surface area contributed by atoms with Crippen molar-refractivity contribution in [2.24, 2.45) is 22.2 Å². The first-order valence-corrected chi connectivity index (χ1v) is 28.2. The fourth-order valence-corrected chi connectivity index (χ4v) is 10.5. The van der Waals surface area contributed by atoms with Gasteiger partial charge in [-0.05, 0) is 78.5 Å². The SMILES string of the molecule is CCCC[C@H](NC(C)=O)C(=O)N[C@@H](CC(=O)O)C(=O)N1Cc2ccccc2C[C@H]1C(=O)N[C@H](Cc1ccc(CN2CCOCC2)cc1)C(=O)N[C@@H](CCCN=C(N)N)C(=O)N1Cc2ccccc2C[C@H]1C(=O)N[C@@H](CCCCN)C(=O)O. The standard InChI is InChI=1S/C58H80N12O12/c1-3-4-16-43(63-36(2)71)51(74)67-47(32-50(72)73)56(79)70-35-42-15-8-6-13-40(42)31-49(70)54(77)66-46(29-37-19-21-38(22-20-37)33-68-25-27-82-28-26-68)52(75)64-44(18-11-24-62-58(60)61)55(78)69-34-41-14-7-5-12-39(41)30-48(69)53(76)65-45(57(80)81)17-9-10-23-59/h5-8,12-15,19-22,43-49H,3-4,9-11,16-18,23-35,59H2,1-2H3,(H,63,71)(H,64,75)(H,65,76)(H,66,77)(H,67,74)(H,72,73)(H,80,81)(H4,60,61,62)/t43-,44-,45-,46+,47-,48-,49-/m0/s1. The van der Waals surface area contributed by atoms with E-state index in [1.807, 2.05) is 43.3 Å². The minimum absolute atomic E-state index is 0.0310. The van der Waals surface area contributed by atoms with Gasteiger partial charge in [0.15, 0.2) is 5.96 Å². The van der Waals surface area contributed by atoms with E-state index in [1.165, 1.54) is 16.7 Å². The maximum absolute atomic E-state index is 15.2. The van der Waals surface area contributed by atoms with Gasteiger partial charge in [0.1, 0.15) is 42.3 Å². The van der Waals surface area contributed by atoms with Crippen molar-refractivity contribution in [2.45, 2.75) is 153 Å². The fourth-order valence-electron chi connectivity index (χ4n) is 10.5. The van der Waals surface area contributed by atoms with Gasteiger partial charge in [-0.2, -0.15) is 0 Å². The molecule has 0 radical (unpaired) electrons. The van der Waals surface area contributed by atoms with Crippen LogP contribution in [0.3, 0.4) is 0 Å². The van der Waals surface area contributed by atoms with Crippen molar-refractivity contribution < 1.29 is 58.1 Å². The van der Waals surface area contributed by atoms with E-state index in [0.29, 0.717) is 68.7 Å². The van der Waals surface area contributed by atoms with E-state index in [0.717, 1.165) is 29.8 Å². The molecule has 444 valence electrons. The molecule has 24 heteroatoms. The number of carboxylic acids is 2. The summed E-state index contributed by atoms with van der Waals surface area (Å²) < 4.78 is 5.52. The molecule has 0 aromatic heterocycles. The van der Waals surface area contributed by atoms with E-state index in [4.69, 9.17) is 21.9 Å². The van der Waals surface area contributed by atoms with Gasteiger partial charge < -0.3 is 68.5 Å². The van der Waals surface area contributed by atoms with E-state index in [-0.39, 0.29) is 70.5 Å². The highest BCUT2D eigenvalue weighted by Crippen LogP contribution is 2.28. The molecule has 0 saturated carbocycles. The first kappa shape index (κ1) is 63.2. The van der Waals surface area contributed by atoms with Crippen molar-refractivity contribution in [1.82, 2.24) is 41.3 Å². The van der Waals surface area contributed by atoms with Gasteiger partial charge in [0.05, 0.1) is 19.6 Å². The van der Waals surface area contributed by atoms with Crippen LogP contribution in [0.4, 0.5) is 0 Å².